The maximum Gasteiger partial charge on any atom is 0.334 e. The van der Waals surface area contributed by atoms with Crippen LogP contribution in [0.3, 0.4) is 0 Å². The van der Waals surface area contributed by atoms with E-state index in [9.17, 15) is 14.7 Å². The fraction of sp³-hybridized carbons (Fsp3) is 0.326. The highest BCUT2D eigenvalue weighted by Gasteiger charge is 2.71. The molecule has 4 aliphatic rings. The third kappa shape index (κ3) is 4.59. The molecule has 7 heteroatoms. The number of likely N-dealkylation sites (tertiary alicyclic amines) is 1. The molecule has 2 fully saturated rings. The van der Waals surface area contributed by atoms with Gasteiger partial charge >= 0.3 is 5.97 Å². The zero-order valence-corrected chi connectivity index (χ0v) is 29.1. The number of carbonyl (C=O) groups is 3. The molecule has 0 spiro atoms. The molecule has 1 aliphatic heterocycles. The SMILES string of the molecule is C=C(C(=O)N1C[C@H]2[C@@]3(c4ccccc4)CC[C@H](c4ccccc43)[C@@]2(C(=O)N[C@](C(=O)O)(c2ccccc2)C(C)(C)C)C1)c1ccccc1OC. The summed E-state index contributed by atoms with van der Waals surface area (Å²) in [6, 6.07) is 35.0. The topological polar surface area (TPSA) is 95.9 Å². The first-order chi connectivity index (χ1) is 23.9. The lowest BCUT2D eigenvalue weighted by molar-refractivity contribution is -0.159. The van der Waals surface area contributed by atoms with E-state index >= 15 is 4.79 Å². The standard InChI is InChI=1S/C43H44N2O5/c1-28(31-20-13-15-23-35(31)50-5)37(46)45-26-36-41(29-16-8-6-9-17-29)25-24-34(32-21-12-14-22-33(32)41)42(36,27-45)38(47)44-43(39(48)49,40(2,3)4)30-18-10-7-11-19-30/h6-23,34,36H,1,24-27H2,2-5H3,(H,44,47)(H,48,49)/t34-,36+,41-,42+,43+/m1/s1. The number of rotatable bonds is 8. The normalized spacial score (nSPS) is 24.8. The quantitative estimate of drug-likeness (QED) is 0.194. The number of benzene rings is 4. The highest BCUT2D eigenvalue weighted by atomic mass is 16.5. The van der Waals surface area contributed by atoms with Crippen LogP contribution in [0.25, 0.3) is 5.57 Å². The summed E-state index contributed by atoms with van der Waals surface area (Å²) in [5.41, 5.74) is 0.333. The molecule has 5 atom stereocenters. The average Bonchev–Trinajstić information content (AvgIpc) is 3.57. The van der Waals surface area contributed by atoms with Gasteiger partial charge in [0.1, 0.15) is 5.75 Å². The molecule has 1 saturated heterocycles. The number of nitrogens with one attached hydrogen (secondary N) is 1. The number of ether oxygens (including phenoxy) is 1. The number of fused-ring (bicyclic) bond motifs is 1. The van der Waals surface area contributed by atoms with Crippen molar-refractivity contribution in [3.63, 3.8) is 0 Å². The summed E-state index contributed by atoms with van der Waals surface area (Å²) in [6.07, 6.45) is 1.52. The Bertz CT molecular complexity index is 1990. The Labute approximate surface area is 294 Å². The fourth-order valence-electron chi connectivity index (χ4n) is 9.73. The summed E-state index contributed by atoms with van der Waals surface area (Å²) in [5, 5.41) is 14.3. The summed E-state index contributed by atoms with van der Waals surface area (Å²) in [6.45, 7) is 10.2. The van der Waals surface area contributed by atoms with Crippen LogP contribution in [-0.4, -0.2) is 48.0 Å². The lowest BCUT2D eigenvalue weighted by Gasteiger charge is -2.60. The van der Waals surface area contributed by atoms with Gasteiger partial charge in [-0.2, -0.15) is 0 Å². The van der Waals surface area contributed by atoms with Gasteiger partial charge in [-0.1, -0.05) is 130 Å². The number of methoxy groups -OCH3 is 1. The first kappa shape index (κ1) is 33.3. The van der Waals surface area contributed by atoms with Crippen molar-refractivity contribution in [2.75, 3.05) is 20.2 Å². The third-order valence-electron chi connectivity index (χ3n) is 12.0. The number of aliphatic carboxylic acids is 1. The van der Waals surface area contributed by atoms with E-state index in [1.807, 2.05) is 69.3 Å². The number of para-hydroxylation sites is 1. The molecule has 1 saturated carbocycles. The zero-order valence-electron chi connectivity index (χ0n) is 29.1. The molecule has 0 aromatic heterocycles. The van der Waals surface area contributed by atoms with Crippen molar-refractivity contribution in [1.82, 2.24) is 10.2 Å². The molecule has 0 unspecified atom stereocenters. The molecule has 2 N–H and O–H groups in total. The maximum atomic E-state index is 15.7. The highest BCUT2D eigenvalue weighted by Crippen LogP contribution is 2.69. The largest absolute Gasteiger partial charge is 0.496 e. The van der Waals surface area contributed by atoms with Gasteiger partial charge < -0.3 is 20.1 Å². The minimum atomic E-state index is -1.75. The predicted molar refractivity (Wildman–Crippen MR) is 194 cm³/mol. The van der Waals surface area contributed by atoms with Crippen molar-refractivity contribution in [3.05, 3.63) is 144 Å². The van der Waals surface area contributed by atoms with Crippen LogP contribution in [0, 0.1) is 16.7 Å². The smallest absolute Gasteiger partial charge is 0.334 e. The van der Waals surface area contributed by atoms with Crippen LogP contribution < -0.4 is 10.1 Å². The molecule has 4 aromatic rings. The van der Waals surface area contributed by atoms with Gasteiger partial charge in [0.2, 0.25) is 5.91 Å². The van der Waals surface area contributed by atoms with Crippen LogP contribution >= 0.6 is 0 Å². The number of hydrogen-bond acceptors (Lipinski definition) is 4. The van der Waals surface area contributed by atoms with E-state index in [4.69, 9.17) is 4.74 Å². The van der Waals surface area contributed by atoms with Crippen molar-refractivity contribution in [2.45, 2.75) is 50.5 Å². The lowest BCUT2D eigenvalue weighted by atomic mass is 9.41. The second kappa shape index (κ2) is 12.0. The van der Waals surface area contributed by atoms with Crippen LogP contribution in [0.1, 0.15) is 67.3 Å². The van der Waals surface area contributed by atoms with Crippen molar-refractivity contribution < 1.29 is 24.2 Å². The molecular formula is C43H44N2O5. The monoisotopic (exact) mass is 668 g/mol. The summed E-state index contributed by atoms with van der Waals surface area (Å²) >= 11 is 0. The van der Waals surface area contributed by atoms with Crippen molar-refractivity contribution in [1.29, 1.82) is 0 Å². The van der Waals surface area contributed by atoms with Crippen LogP contribution in [0.5, 0.6) is 5.75 Å². The minimum absolute atomic E-state index is 0.124. The Morgan fingerprint density at radius 1 is 0.880 bits per heavy atom. The van der Waals surface area contributed by atoms with E-state index in [-0.39, 0.29) is 35.8 Å². The highest BCUT2D eigenvalue weighted by molar-refractivity contribution is 6.19. The molecule has 8 rings (SSSR count). The first-order valence-corrected chi connectivity index (χ1v) is 17.3. The molecule has 7 nitrogen and oxygen atoms in total. The summed E-state index contributed by atoms with van der Waals surface area (Å²) < 4.78 is 5.59. The van der Waals surface area contributed by atoms with E-state index in [2.05, 4.69) is 42.2 Å². The van der Waals surface area contributed by atoms with Gasteiger partial charge in [0, 0.05) is 46.9 Å². The molecular weight excluding hydrogens is 624 g/mol. The van der Waals surface area contributed by atoms with Crippen molar-refractivity contribution in [2.24, 2.45) is 16.7 Å². The molecule has 50 heavy (non-hydrogen) atoms. The minimum Gasteiger partial charge on any atom is -0.496 e. The van der Waals surface area contributed by atoms with Crippen LogP contribution in [0.2, 0.25) is 0 Å². The molecule has 256 valence electrons. The average molecular weight is 669 g/mol. The zero-order chi connectivity index (χ0) is 35.5. The van der Waals surface area contributed by atoms with Gasteiger partial charge in [-0.05, 0) is 41.2 Å². The van der Waals surface area contributed by atoms with Crippen LogP contribution in [0.4, 0.5) is 0 Å². The molecule has 3 aliphatic carbocycles. The summed E-state index contributed by atoms with van der Waals surface area (Å²) in [7, 11) is 1.57. The van der Waals surface area contributed by atoms with Crippen LogP contribution in [0.15, 0.2) is 116 Å². The van der Waals surface area contributed by atoms with E-state index in [1.165, 1.54) is 5.56 Å². The number of carbonyl (C=O) groups excluding carboxylic acids is 2. The Morgan fingerprint density at radius 2 is 1.50 bits per heavy atom. The maximum absolute atomic E-state index is 15.7. The predicted octanol–water partition coefficient (Wildman–Crippen LogP) is 7.17. The van der Waals surface area contributed by atoms with Crippen molar-refractivity contribution in [3.8, 4) is 5.75 Å². The lowest BCUT2D eigenvalue weighted by Crippen LogP contribution is -2.68. The second-order valence-electron chi connectivity index (χ2n) is 15.1. The second-order valence-corrected chi connectivity index (χ2v) is 15.1. The molecule has 4 aromatic carbocycles. The van der Waals surface area contributed by atoms with Gasteiger partial charge in [-0.3, -0.25) is 9.59 Å². The van der Waals surface area contributed by atoms with Gasteiger partial charge in [0.15, 0.2) is 5.54 Å². The molecule has 0 radical (unpaired) electrons. The van der Waals surface area contributed by atoms with E-state index in [0.717, 1.165) is 17.5 Å². The van der Waals surface area contributed by atoms with Crippen LogP contribution in [-0.2, 0) is 25.3 Å². The van der Waals surface area contributed by atoms with Crippen molar-refractivity contribution >= 4 is 23.4 Å². The molecule has 2 bridgehead atoms. The number of hydrogen-bond donors (Lipinski definition) is 2. The number of carboxylic acid groups (broad SMARTS) is 1. The van der Waals surface area contributed by atoms with E-state index < -0.39 is 27.8 Å². The Kier molecular flexibility index (Phi) is 8.00. The molecule has 1 heterocycles. The summed E-state index contributed by atoms with van der Waals surface area (Å²) in [5.74, 6) is -1.79. The van der Waals surface area contributed by atoms with E-state index in [1.54, 1.807) is 42.3 Å². The Hall–Kier alpha value is -5.17. The molecule has 2 amide bonds. The number of carboxylic acids is 1. The van der Waals surface area contributed by atoms with Gasteiger partial charge in [0.25, 0.3) is 5.91 Å². The Balaban J connectivity index is 1.43. The summed E-state index contributed by atoms with van der Waals surface area (Å²) in [4.78, 5) is 45.6. The first-order valence-electron chi connectivity index (χ1n) is 17.3. The van der Waals surface area contributed by atoms with Gasteiger partial charge in [-0.15, -0.1) is 0 Å². The third-order valence-corrected chi connectivity index (χ3v) is 12.0. The number of amides is 2. The van der Waals surface area contributed by atoms with E-state index in [0.29, 0.717) is 29.8 Å². The van der Waals surface area contributed by atoms with Gasteiger partial charge in [0.05, 0.1) is 12.5 Å². The Morgan fingerprint density at radius 3 is 2.16 bits per heavy atom. The van der Waals surface area contributed by atoms with Gasteiger partial charge in [-0.25, -0.2) is 4.79 Å². The number of nitrogens with zero attached hydrogens (tertiary/aromatic N) is 1. The fourth-order valence-corrected chi connectivity index (χ4v) is 9.73.